The summed E-state index contributed by atoms with van der Waals surface area (Å²) in [5.41, 5.74) is 1.47. The number of hydrogen-bond acceptors (Lipinski definition) is 2. The minimum absolute atomic E-state index is 0.00950. The fraction of sp³-hybridized carbons (Fsp3) is 0.0909. The van der Waals surface area contributed by atoms with E-state index in [1.54, 1.807) is 49.4 Å². The monoisotopic (exact) mass is 366 g/mol. The number of carbonyl (C=O) groups is 2. The SMILES string of the molecule is CC1=C/C(=C2/C=C(C(F)(F)F)C(=O)c3ccccc32)c2ccccc2C1=O. The predicted molar refractivity (Wildman–Crippen MR) is 96.3 cm³/mol. The maximum absolute atomic E-state index is 13.5. The first kappa shape index (κ1) is 17.2. The largest absolute Gasteiger partial charge is 0.420 e. The second kappa shape index (κ2) is 5.91. The van der Waals surface area contributed by atoms with E-state index in [4.69, 9.17) is 0 Å². The molecule has 0 fully saturated rings. The van der Waals surface area contributed by atoms with Crippen molar-refractivity contribution < 1.29 is 22.8 Å². The van der Waals surface area contributed by atoms with Crippen LogP contribution in [0.25, 0.3) is 11.1 Å². The maximum Gasteiger partial charge on any atom is 0.420 e. The zero-order chi connectivity index (χ0) is 19.3. The van der Waals surface area contributed by atoms with E-state index in [1.807, 2.05) is 0 Å². The lowest BCUT2D eigenvalue weighted by Gasteiger charge is -2.24. The van der Waals surface area contributed by atoms with E-state index < -0.39 is 17.5 Å². The summed E-state index contributed by atoms with van der Waals surface area (Å²) in [6, 6.07) is 13.0. The van der Waals surface area contributed by atoms with Crippen molar-refractivity contribution in [2.24, 2.45) is 0 Å². The number of halogens is 3. The Balaban J connectivity index is 2.11. The van der Waals surface area contributed by atoms with Crippen LogP contribution in [0.2, 0.25) is 0 Å². The van der Waals surface area contributed by atoms with Gasteiger partial charge in [-0.1, -0.05) is 48.5 Å². The first-order valence-corrected chi connectivity index (χ1v) is 8.28. The van der Waals surface area contributed by atoms with Gasteiger partial charge in [-0.25, -0.2) is 0 Å². The molecule has 0 heterocycles. The van der Waals surface area contributed by atoms with Crippen molar-refractivity contribution in [1.29, 1.82) is 0 Å². The molecule has 0 unspecified atom stereocenters. The zero-order valence-electron chi connectivity index (χ0n) is 14.2. The molecule has 2 aromatic rings. The lowest BCUT2D eigenvalue weighted by atomic mass is 9.79. The van der Waals surface area contributed by atoms with Gasteiger partial charge in [-0.05, 0) is 46.9 Å². The number of carbonyl (C=O) groups excluding carboxylic acids is 2. The molecule has 0 amide bonds. The molecule has 0 bridgehead atoms. The second-order valence-electron chi connectivity index (χ2n) is 6.46. The summed E-state index contributed by atoms with van der Waals surface area (Å²) in [4.78, 5) is 24.8. The summed E-state index contributed by atoms with van der Waals surface area (Å²) in [7, 11) is 0. The van der Waals surface area contributed by atoms with Gasteiger partial charge in [0.1, 0.15) is 5.57 Å². The van der Waals surface area contributed by atoms with Gasteiger partial charge in [0, 0.05) is 11.1 Å². The highest BCUT2D eigenvalue weighted by atomic mass is 19.4. The van der Waals surface area contributed by atoms with E-state index in [0.29, 0.717) is 27.8 Å². The van der Waals surface area contributed by atoms with Gasteiger partial charge in [0.25, 0.3) is 0 Å². The quantitative estimate of drug-likeness (QED) is 0.623. The lowest BCUT2D eigenvalue weighted by Crippen LogP contribution is -2.24. The number of alkyl halides is 3. The van der Waals surface area contributed by atoms with Gasteiger partial charge in [-0.15, -0.1) is 0 Å². The van der Waals surface area contributed by atoms with Crippen molar-refractivity contribution in [3.63, 3.8) is 0 Å². The summed E-state index contributed by atoms with van der Waals surface area (Å²) in [5.74, 6) is -1.20. The Morgan fingerprint density at radius 1 is 0.667 bits per heavy atom. The Morgan fingerprint density at radius 3 is 1.63 bits per heavy atom. The van der Waals surface area contributed by atoms with Crippen LogP contribution in [0.4, 0.5) is 13.2 Å². The molecule has 4 rings (SSSR count). The van der Waals surface area contributed by atoms with Gasteiger partial charge in [0.05, 0.1) is 0 Å². The van der Waals surface area contributed by atoms with E-state index >= 15 is 0 Å². The summed E-state index contributed by atoms with van der Waals surface area (Å²) < 4.78 is 40.4. The fourth-order valence-corrected chi connectivity index (χ4v) is 3.49. The third kappa shape index (κ3) is 2.67. The molecule has 0 saturated heterocycles. The van der Waals surface area contributed by atoms with Crippen LogP contribution in [-0.2, 0) is 0 Å². The number of ketones is 2. The van der Waals surface area contributed by atoms with Crippen molar-refractivity contribution >= 4 is 22.7 Å². The van der Waals surface area contributed by atoms with E-state index in [1.165, 1.54) is 12.1 Å². The molecule has 0 atom stereocenters. The van der Waals surface area contributed by atoms with Crippen molar-refractivity contribution in [1.82, 2.24) is 0 Å². The number of allylic oxidation sites excluding steroid dienone is 6. The minimum atomic E-state index is -4.76. The molecular weight excluding hydrogens is 353 g/mol. The van der Waals surface area contributed by atoms with Gasteiger partial charge in [0.15, 0.2) is 11.6 Å². The van der Waals surface area contributed by atoms with Crippen molar-refractivity contribution in [2.45, 2.75) is 13.1 Å². The zero-order valence-corrected chi connectivity index (χ0v) is 14.2. The molecule has 0 spiro atoms. The van der Waals surface area contributed by atoms with Gasteiger partial charge in [-0.2, -0.15) is 13.2 Å². The van der Waals surface area contributed by atoms with Gasteiger partial charge in [-0.3, -0.25) is 9.59 Å². The minimum Gasteiger partial charge on any atom is -0.289 e. The predicted octanol–water partition coefficient (Wildman–Crippen LogP) is 5.43. The van der Waals surface area contributed by atoms with Crippen LogP contribution >= 0.6 is 0 Å². The molecule has 0 saturated carbocycles. The number of Topliss-reactive ketones (excluding diaryl/α,β-unsaturated/α-hetero) is 2. The van der Waals surface area contributed by atoms with Crippen LogP contribution in [0.5, 0.6) is 0 Å². The molecule has 2 nitrogen and oxygen atoms in total. The molecule has 2 aliphatic rings. The average Bonchev–Trinajstić information content (AvgIpc) is 2.64. The number of benzene rings is 2. The van der Waals surface area contributed by atoms with Crippen molar-refractivity contribution in [2.75, 3.05) is 0 Å². The van der Waals surface area contributed by atoms with Crippen LogP contribution in [-0.4, -0.2) is 17.7 Å². The number of hydrogen-bond donors (Lipinski definition) is 0. The fourth-order valence-electron chi connectivity index (χ4n) is 3.49. The Kier molecular flexibility index (Phi) is 3.77. The molecule has 0 N–H and O–H groups in total. The third-order valence-corrected chi connectivity index (χ3v) is 4.77. The first-order valence-electron chi connectivity index (χ1n) is 8.28. The standard InChI is InChI=1S/C22H13F3O2/c1-12-10-17(13-6-2-4-8-15(13)20(12)26)18-11-19(22(23,24)25)21(27)16-9-5-3-7-14(16)18/h2-11H,1H3/b18-17+. The summed E-state index contributed by atoms with van der Waals surface area (Å²) in [5, 5.41) is 0. The Bertz CT molecular complexity index is 1100. The van der Waals surface area contributed by atoms with Crippen LogP contribution in [0, 0.1) is 0 Å². The molecule has 0 radical (unpaired) electrons. The molecule has 134 valence electrons. The normalized spacial score (nSPS) is 19.3. The molecule has 0 aromatic heterocycles. The Morgan fingerprint density at radius 2 is 1.11 bits per heavy atom. The van der Waals surface area contributed by atoms with Crippen LogP contribution in [0.1, 0.15) is 38.8 Å². The van der Waals surface area contributed by atoms with E-state index in [0.717, 1.165) is 6.08 Å². The smallest absolute Gasteiger partial charge is 0.289 e. The topological polar surface area (TPSA) is 34.1 Å². The first-order chi connectivity index (χ1) is 12.8. The van der Waals surface area contributed by atoms with Crippen LogP contribution in [0.3, 0.4) is 0 Å². The molecule has 2 aliphatic carbocycles. The van der Waals surface area contributed by atoms with Crippen molar-refractivity contribution in [3.8, 4) is 0 Å². The molecule has 5 heteroatoms. The lowest BCUT2D eigenvalue weighted by molar-refractivity contribution is -0.0887. The second-order valence-corrected chi connectivity index (χ2v) is 6.46. The average molecular weight is 366 g/mol. The molecule has 0 aliphatic heterocycles. The number of fused-ring (bicyclic) bond motifs is 2. The maximum atomic E-state index is 13.5. The molecule has 27 heavy (non-hydrogen) atoms. The summed E-state index contributed by atoms with van der Waals surface area (Å²) >= 11 is 0. The van der Waals surface area contributed by atoms with E-state index in [-0.39, 0.29) is 16.9 Å². The Hall–Kier alpha value is -3.21. The highest BCUT2D eigenvalue weighted by Crippen LogP contribution is 2.42. The highest BCUT2D eigenvalue weighted by Gasteiger charge is 2.42. The van der Waals surface area contributed by atoms with Gasteiger partial charge in [0.2, 0.25) is 0 Å². The number of rotatable bonds is 0. The van der Waals surface area contributed by atoms with Gasteiger partial charge < -0.3 is 0 Å². The van der Waals surface area contributed by atoms with Crippen LogP contribution in [0.15, 0.2) is 71.8 Å². The van der Waals surface area contributed by atoms with Gasteiger partial charge >= 0.3 is 6.18 Å². The van der Waals surface area contributed by atoms with Crippen molar-refractivity contribution in [3.05, 3.63) is 94.1 Å². The Labute approximate surface area is 153 Å². The van der Waals surface area contributed by atoms with Crippen LogP contribution < -0.4 is 0 Å². The third-order valence-electron chi connectivity index (χ3n) is 4.77. The van der Waals surface area contributed by atoms with E-state index in [2.05, 4.69) is 0 Å². The highest BCUT2D eigenvalue weighted by molar-refractivity contribution is 6.23. The molecular formula is C22H13F3O2. The summed E-state index contributed by atoms with van der Waals surface area (Å²) in [6.45, 7) is 1.63. The molecule has 2 aromatic carbocycles. The summed E-state index contributed by atoms with van der Waals surface area (Å²) in [6.07, 6.45) is -2.27. The van der Waals surface area contributed by atoms with E-state index in [9.17, 15) is 22.8 Å².